The van der Waals surface area contributed by atoms with Crippen LogP contribution in [-0.4, -0.2) is 33.8 Å². The van der Waals surface area contributed by atoms with Crippen LogP contribution in [0.15, 0.2) is 34.1 Å². The summed E-state index contributed by atoms with van der Waals surface area (Å²) in [5, 5.41) is 4.68. The molecule has 0 N–H and O–H groups in total. The van der Waals surface area contributed by atoms with Gasteiger partial charge in [0.05, 0.1) is 5.52 Å². The molecule has 3 rings (SSSR count). The van der Waals surface area contributed by atoms with Crippen molar-refractivity contribution < 1.29 is 9.32 Å². The molecule has 22 heavy (non-hydrogen) atoms. The van der Waals surface area contributed by atoms with Gasteiger partial charge in [-0.25, -0.2) is 4.98 Å². The lowest BCUT2D eigenvalue weighted by molar-refractivity contribution is 0.0989. The molecule has 0 bridgehead atoms. The van der Waals surface area contributed by atoms with E-state index in [9.17, 15) is 4.79 Å². The van der Waals surface area contributed by atoms with E-state index in [1.807, 2.05) is 42.0 Å². The summed E-state index contributed by atoms with van der Waals surface area (Å²) in [7, 11) is 1.71. The number of hydrogen-bond acceptors (Lipinski definition) is 5. The number of anilines is 1. The van der Waals surface area contributed by atoms with Gasteiger partial charge < -0.3 is 9.42 Å². The van der Waals surface area contributed by atoms with Crippen LogP contribution in [0.1, 0.15) is 21.9 Å². The molecule has 0 saturated heterocycles. The number of hydrogen-bond donors (Lipinski definition) is 0. The van der Waals surface area contributed by atoms with E-state index < -0.39 is 0 Å². The van der Waals surface area contributed by atoms with Crippen molar-refractivity contribution in [2.45, 2.75) is 19.0 Å². The van der Waals surface area contributed by atoms with Crippen molar-refractivity contribution in [3.8, 4) is 0 Å². The number of amides is 1. The first-order valence-electron chi connectivity index (χ1n) is 6.76. The summed E-state index contributed by atoms with van der Waals surface area (Å²) in [6.45, 7) is 3.60. The standard InChI is InChI=1S/C15H16N4O2S/c1-9-13(10(2)21-17-9)18(3)14(20)12-11-7-5-6-8-19(11)15(16-12)22-4/h5-8H,1-4H3. The second-order valence-corrected chi connectivity index (χ2v) is 5.71. The number of nitrogens with zero attached hydrogens (tertiary/aromatic N) is 4. The lowest BCUT2D eigenvalue weighted by atomic mass is 10.2. The Kier molecular flexibility index (Phi) is 3.66. The number of rotatable bonds is 3. The first-order valence-corrected chi connectivity index (χ1v) is 7.99. The highest BCUT2D eigenvalue weighted by Crippen LogP contribution is 2.26. The molecule has 6 nitrogen and oxygen atoms in total. The molecule has 3 aromatic rings. The van der Waals surface area contributed by atoms with Crippen LogP contribution in [0.5, 0.6) is 0 Å². The molecule has 3 heterocycles. The fraction of sp³-hybridized carbons (Fsp3) is 0.267. The minimum atomic E-state index is -0.182. The zero-order valence-corrected chi connectivity index (χ0v) is 13.6. The van der Waals surface area contributed by atoms with Crippen molar-refractivity contribution in [3.05, 3.63) is 41.5 Å². The molecule has 3 aromatic heterocycles. The van der Waals surface area contributed by atoms with Gasteiger partial charge in [-0.05, 0) is 32.2 Å². The molecule has 114 valence electrons. The van der Waals surface area contributed by atoms with Crippen LogP contribution in [0.3, 0.4) is 0 Å². The van der Waals surface area contributed by atoms with E-state index in [0.29, 0.717) is 22.8 Å². The fourth-order valence-corrected chi connectivity index (χ4v) is 3.07. The van der Waals surface area contributed by atoms with Crippen molar-refractivity contribution in [1.82, 2.24) is 14.5 Å². The summed E-state index contributed by atoms with van der Waals surface area (Å²) < 4.78 is 7.06. The average Bonchev–Trinajstić information content (AvgIpc) is 3.06. The van der Waals surface area contributed by atoms with Crippen molar-refractivity contribution in [3.63, 3.8) is 0 Å². The smallest absolute Gasteiger partial charge is 0.279 e. The molecule has 1 amide bonds. The van der Waals surface area contributed by atoms with Crippen LogP contribution in [0, 0.1) is 13.8 Å². The van der Waals surface area contributed by atoms with Crippen LogP contribution in [0.2, 0.25) is 0 Å². The highest BCUT2D eigenvalue weighted by Gasteiger charge is 2.25. The number of aryl methyl sites for hydroxylation is 2. The van der Waals surface area contributed by atoms with E-state index >= 15 is 0 Å². The molecule has 0 aliphatic heterocycles. The monoisotopic (exact) mass is 316 g/mol. The third-order valence-corrected chi connectivity index (χ3v) is 4.19. The Labute approximate surface area is 132 Å². The molecule has 0 saturated carbocycles. The summed E-state index contributed by atoms with van der Waals surface area (Å²) in [5.41, 5.74) is 2.58. The summed E-state index contributed by atoms with van der Waals surface area (Å²) in [4.78, 5) is 18.9. The molecular formula is C15H16N4O2S. The molecule has 0 spiro atoms. The van der Waals surface area contributed by atoms with E-state index in [1.54, 1.807) is 18.9 Å². The molecule has 0 aromatic carbocycles. The highest BCUT2D eigenvalue weighted by molar-refractivity contribution is 7.98. The Bertz CT molecular complexity index is 833. The number of aromatic nitrogens is 3. The van der Waals surface area contributed by atoms with E-state index in [4.69, 9.17) is 4.52 Å². The first-order chi connectivity index (χ1) is 10.5. The van der Waals surface area contributed by atoms with Crippen molar-refractivity contribution in [2.24, 2.45) is 0 Å². The number of thioether (sulfide) groups is 1. The molecule has 0 aliphatic rings. The predicted octanol–water partition coefficient (Wildman–Crippen LogP) is 2.94. The Morgan fingerprint density at radius 1 is 1.36 bits per heavy atom. The topological polar surface area (TPSA) is 63.6 Å². The van der Waals surface area contributed by atoms with Crippen molar-refractivity contribution in [2.75, 3.05) is 18.2 Å². The maximum atomic E-state index is 12.9. The van der Waals surface area contributed by atoms with Gasteiger partial charge in [0.25, 0.3) is 5.91 Å². The number of pyridine rings is 1. The van der Waals surface area contributed by atoms with Gasteiger partial charge in [-0.3, -0.25) is 9.20 Å². The number of carbonyl (C=O) groups is 1. The Morgan fingerprint density at radius 3 is 2.77 bits per heavy atom. The highest BCUT2D eigenvalue weighted by atomic mass is 32.2. The third-order valence-electron chi connectivity index (χ3n) is 3.54. The van der Waals surface area contributed by atoms with Crippen LogP contribution < -0.4 is 4.90 Å². The van der Waals surface area contributed by atoms with Crippen LogP contribution in [-0.2, 0) is 0 Å². The minimum Gasteiger partial charge on any atom is -0.359 e. The van der Waals surface area contributed by atoms with E-state index in [0.717, 1.165) is 10.7 Å². The molecule has 0 aliphatic carbocycles. The van der Waals surface area contributed by atoms with Crippen molar-refractivity contribution in [1.29, 1.82) is 0 Å². The van der Waals surface area contributed by atoms with Crippen molar-refractivity contribution >= 4 is 28.9 Å². The fourth-order valence-electron chi connectivity index (χ4n) is 2.53. The second kappa shape index (κ2) is 5.49. The normalized spacial score (nSPS) is 11.1. The molecule has 0 atom stereocenters. The van der Waals surface area contributed by atoms with E-state index in [1.165, 1.54) is 11.8 Å². The lowest BCUT2D eigenvalue weighted by Gasteiger charge is -2.15. The average molecular weight is 316 g/mol. The van der Waals surface area contributed by atoms with Gasteiger partial charge in [-0.15, -0.1) is 0 Å². The SMILES string of the molecule is CSc1nc(C(=O)N(C)c2c(C)noc2C)c2ccccn12. The van der Waals surface area contributed by atoms with E-state index in [-0.39, 0.29) is 5.91 Å². The summed E-state index contributed by atoms with van der Waals surface area (Å²) in [6.07, 6.45) is 3.84. The summed E-state index contributed by atoms with van der Waals surface area (Å²) in [5.74, 6) is 0.431. The summed E-state index contributed by atoms with van der Waals surface area (Å²) >= 11 is 1.50. The Hall–Kier alpha value is -2.28. The van der Waals surface area contributed by atoms with Gasteiger partial charge >= 0.3 is 0 Å². The van der Waals surface area contributed by atoms with Gasteiger partial charge in [-0.1, -0.05) is 23.0 Å². The maximum Gasteiger partial charge on any atom is 0.279 e. The zero-order chi connectivity index (χ0) is 15.9. The van der Waals surface area contributed by atoms with Gasteiger partial charge in [0.1, 0.15) is 11.4 Å². The van der Waals surface area contributed by atoms with Gasteiger partial charge in [0.15, 0.2) is 16.6 Å². The summed E-state index contributed by atoms with van der Waals surface area (Å²) in [6, 6.07) is 5.70. The van der Waals surface area contributed by atoms with E-state index in [2.05, 4.69) is 10.1 Å². The Morgan fingerprint density at radius 2 is 2.14 bits per heavy atom. The number of carbonyl (C=O) groups excluding carboxylic acids is 1. The first kappa shape index (κ1) is 14.6. The minimum absolute atomic E-state index is 0.182. The predicted molar refractivity (Wildman–Crippen MR) is 85.7 cm³/mol. The van der Waals surface area contributed by atoms with Crippen LogP contribution in [0.25, 0.3) is 5.52 Å². The molecule has 7 heteroatoms. The molecular weight excluding hydrogens is 300 g/mol. The van der Waals surface area contributed by atoms with Crippen LogP contribution in [0.4, 0.5) is 5.69 Å². The Balaban J connectivity index is 2.10. The second-order valence-electron chi connectivity index (χ2n) is 4.94. The molecule has 0 fully saturated rings. The molecule has 0 unspecified atom stereocenters. The number of imidazole rings is 1. The maximum absolute atomic E-state index is 12.9. The molecule has 0 radical (unpaired) electrons. The quantitative estimate of drug-likeness (QED) is 0.695. The van der Waals surface area contributed by atoms with Gasteiger partial charge in [-0.2, -0.15) is 0 Å². The van der Waals surface area contributed by atoms with Gasteiger partial charge in [0.2, 0.25) is 0 Å². The largest absolute Gasteiger partial charge is 0.359 e. The third kappa shape index (κ3) is 2.18. The lowest BCUT2D eigenvalue weighted by Crippen LogP contribution is -2.27. The van der Waals surface area contributed by atoms with Crippen LogP contribution >= 0.6 is 11.8 Å². The zero-order valence-electron chi connectivity index (χ0n) is 12.8. The number of fused-ring (bicyclic) bond motifs is 1. The van der Waals surface area contributed by atoms with Gasteiger partial charge in [0, 0.05) is 13.2 Å².